The lowest BCUT2D eigenvalue weighted by molar-refractivity contribution is 0.0796. The fraction of sp³-hybridized carbons (Fsp3) is 0.462. The Labute approximate surface area is 119 Å². The average Bonchev–Trinajstić information content (AvgIpc) is 3.16. The summed E-state index contributed by atoms with van der Waals surface area (Å²) in [6, 6.07) is 3.12. The van der Waals surface area contributed by atoms with Gasteiger partial charge < -0.3 is 14.0 Å². The zero-order chi connectivity index (χ0) is 14.7. The molecule has 0 unspecified atom stereocenters. The Morgan fingerprint density at radius 1 is 1.38 bits per heavy atom. The van der Waals surface area contributed by atoms with E-state index < -0.39 is 13.0 Å². The van der Waals surface area contributed by atoms with Gasteiger partial charge in [-0.25, -0.2) is 13.8 Å². The molecule has 0 N–H and O–H groups in total. The van der Waals surface area contributed by atoms with Gasteiger partial charge in [-0.2, -0.15) is 4.98 Å². The summed E-state index contributed by atoms with van der Waals surface area (Å²) < 4.78 is 39.3. The maximum absolute atomic E-state index is 12.0. The Morgan fingerprint density at radius 2 is 2.29 bits per heavy atom. The molecule has 21 heavy (non-hydrogen) atoms. The molecule has 1 atom stereocenters. The van der Waals surface area contributed by atoms with Gasteiger partial charge in [0.05, 0.1) is 12.2 Å². The first-order valence-corrected chi connectivity index (χ1v) is 6.51. The molecule has 8 heteroatoms. The second-order valence-corrected chi connectivity index (χ2v) is 4.61. The molecular weight excluding hydrogens is 284 g/mol. The molecule has 0 radical (unpaired) electrons. The molecular formula is C13H13F2N3O3. The lowest BCUT2D eigenvalue weighted by atomic mass is 10.1. The van der Waals surface area contributed by atoms with Crippen molar-refractivity contribution in [1.29, 1.82) is 0 Å². The lowest BCUT2D eigenvalue weighted by Gasteiger charge is -2.03. The summed E-state index contributed by atoms with van der Waals surface area (Å²) in [6.45, 7) is 0.614. The molecule has 3 rings (SSSR count). The number of nitrogens with zero attached hydrogens (tertiary/aromatic N) is 3. The maximum atomic E-state index is 12.0. The molecule has 0 aliphatic carbocycles. The van der Waals surface area contributed by atoms with Gasteiger partial charge in [0, 0.05) is 24.8 Å². The van der Waals surface area contributed by atoms with Crippen LogP contribution in [0.4, 0.5) is 8.78 Å². The van der Waals surface area contributed by atoms with Crippen LogP contribution in [0.3, 0.4) is 0 Å². The highest BCUT2D eigenvalue weighted by Gasteiger charge is 2.23. The molecule has 1 saturated heterocycles. The Kier molecular flexibility index (Phi) is 4.05. The summed E-state index contributed by atoms with van der Waals surface area (Å²) in [6.07, 6.45) is -0.209. The fourth-order valence-corrected chi connectivity index (χ4v) is 2.00. The number of ether oxygens (including phenoxy) is 2. The molecule has 112 valence electrons. The third-order valence-electron chi connectivity index (χ3n) is 3.08. The smallest absolute Gasteiger partial charge is 0.272 e. The topological polar surface area (TPSA) is 70.3 Å². The van der Waals surface area contributed by atoms with Gasteiger partial charge >= 0.3 is 0 Å². The Morgan fingerprint density at radius 3 is 2.95 bits per heavy atom. The highest BCUT2D eigenvalue weighted by molar-refractivity contribution is 5.51. The molecule has 3 heterocycles. The summed E-state index contributed by atoms with van der Waals surface area (Å²) in [7, 11) is 0. The van der Waals surface area contributed by atoms with Crippen molar-refractivity contribution >= 4 is 0 Å². The zero-order valence-corrected chi connectivity index (χ0v) is 11.0. The van der Waals surface area contributed by atoms with Gasteiger partial charge in [-0.3, -0.25) is 0 Å². The Balaban J connectivity index is 1.69. The quantitative estimate of drug-likeness (QED) is 0.843. The van der Waals surface area contributed by atoms with E-state index in [1.165, 1.54) is 12.3 Å². The van der Waals surface area contributed by atoms with E-state index in [4.69, 9.17) is 14.0 Å². The minimum Gasteiger partial charge on any atom is -0.472 e. The van der Waals surface area contributed by atoms with E-state index in [0.29, 0.717) is 30.5 Å². The second-order valence-electron chi connectivity index (χ2n) is 4.61. The Hall–Kier alpha value is -2.09. The van der Waals surface area contributed by atoms with Crippen molar-refractivity contribution < 1.29 is 22.8 Å². The summed E-state index contributed by atoms with van der Waals surface area (Å²) >= 11 is 0. The standard InChI is InChI=1S/C13H13F2N3O3/c14-10(15)7-20-11-2-1-8(5-16-11)13-17-12(18-21-13)9-3-4-19-6-9/h1-2,5,9-10H,3-4,6-7H2/t9-/m1/s1. The van der Waals surface area contributed by atoms with E-state index in [-0.39, 0.29) is 11.8 Å². The monoisotopic (exact) mass is 297 g/mol. The van der Waals surface area contributed by atoms with Crippen LogP contribution in [0.1, 0.15) is 18.2 Å². The molecule has 1 aliphatic heterocycles. The van der Waals surface area contributed by atoms with Crippen molar-refractivity contribution in [2.24, 2.45) is 0 Å². The van der Waals surface area contributed by atoms with Crippen molar-refractivity contribution in [3.63, 3.8) is 0 Å². The van der Waals surface area contributed by atoms with E-state index in [1.807, 2.05) is 0 Å². The molecule has 0 spiro atoms. The van der Waals surface area contributed by atoms with Crippen molar-refractivity contribution in [2.45, 2.75) is 18.8 Å². The molecule has 0 saturated carbocycles. The largest absolute Gasteiger partial charge is 0.472 e. The number of aromatic nitrogens is 3. The van der Waals surface area contributed by atoms with Crippen molar-refractivity contribution in [3.05, 3.63) is 24.2 Å². The molecule has 6 nitrogen and oxygen atoms in total. The second kappa shape index (κ2) is 6.13. The first kappa shape index (κ1) is 13.9. The van der Waals surface area contributed by atoms with E-state index in [9.17, 15) is 8.78 Å². The summed E-state index contributed by atoms with van der Waals surface area (Å²) in [5.74, 6) is 1.23. The predicted molar refractivity (Wildman–Crippen MR) is 67.2 cm³/mol. The normalized spacial score (nSPS) is 18.3. The third-order valence-corrected chi connectivity index (χ3v) is 3.08. The summed E-state index contributed by atoms with van der Waals surface area (Å²) in [5, 5.41) is 3.93. The minimum absolute atomic E-state index is 0.128. The molecule has 0 amide bonds. The number of hydrogen-bond acceptors (Lipinski definition) is 6. The SMILES string of the molecule is FC(F)COc1ccc(-c2nc([C@@H]3CCOC3)no2)cn1. The first-order chi connectivity index (χ1) is 10.2. The van der Waals surface area contributed by atoms with Crippen LogP contribution >= 0.6 is 0 Å². The molecule has 0 bridgehead atoms. The molecule has 0 aromatic carbocycles. The van der Waals surface area contributed by atoms with Crippen molar-refractivity contribution in [1.82, 2.24) is 15.1 Å². The van der Waals surface area contributed by atoms with Crippen LogP contribution in [0.25, 0.3) is 11.5 Å². The van der Waals surface area contributed by atoms with Crippen LogP contribution in [0.2, 0.25) is 0 Å². The van der Waals surface area contributed by atoms with Crippen LogP contribution in [-0.4, -0.2) is 41.4 Å². The van der Waals surface area contributed by atoms with Gasteiger partial charge in [-0.1, -0.05) is 5.16 Å². The van der Waals surface area contributed by atoms with Crippen LogP contribution in [0, 0.1) is 0 Å². The summed E-state index contributed by atoms with van der Waals surface area (Å²) in [5.41, 5.74) is 0.608. The van der Waals surface area contributed by atoms with E-state index in [2.05, 4.69) is 15.1 Å². The van der Waals surface area contributed by atoms with Gasteiger partial charge in [-0.05, 0) is 12.5 Å². The molecule has 2 aromatic rings. The lowest BCUT2D eigenvalue weighted by Crippen LogP contribution is -2.07. The van der Waals surface area contributed by atoms with Gasteiger partial charge in [-0.15, -0.1) is 0 Å². The molecule has 2 aromatic heterocycles. The van der Waals surface area contributed by atoms with Crippen LogP contribution in [0.15, 0.2) is 22.9 Å². The predicted octanol–water partition coefficient (Wildman–Crippen LogP) is 2.28. The van der Waals surface area contributed by atoms with Crippen LogP contribution in [-0.2, 0) is 4.74 Å². The zero-order valence-electron chi connectivity index (χ0n) is 11.0. The fourth-order valence-electron chi connectivity index (χ4n) is 2.00. The van der Waals surface area contributed by atoms with Crippen LogP contribution < -0.4 is 4.74 Å². The van der Waals surface area contributed by atoms with Gasteiger partial charge in [0.2, 0.25) is 5.88 Å². The van der Waals surface area contributed by atoms with Crippen molar-refractivity contribution in [2.75, 3.05) is 19.8 Å². The number of alkyl halides is 2. The molecule has 1 aliphatic rings. The average molecular weight is 297 g/mol. The first-order valence-electron chi connectivity index (χ1n) is 6.51. The number of pyridine rings is 1. The highest BCUT2D eigenvalue weighted by Crippen LogP contribution is 2.25. The van der Waals surface area contributed by atoms with E-state index >= 15 is 0 Å². The van der Waals surface area contributed by atoms with Gasteiger partial charge in [0.1, 0.15) is 0 Å². The number of rotatable bonds is 5. The molecule has 1 fully saturated rings. The number of halogens is 2. The van der Waals surface area contributed by atoms with Crippen LogP contribution in [0.5, 0.6) is 5.88 Å². The Bertz CT molecular complexity index is 583. The number of hydrogen-bond donors (Lipinski definition) is 0. The third kappa shape index (κ3) is 3.33. The van der Waals surface area contributed by atoms with Gasteiger partial charge in [0.15, 0.2) is 12.4 Å². The maximum Gasteiger partial charge on any atom is 0.272 e. The minimum atomic E-state index is -2.53. The van der Waals surface area contributed by atoms with Gasteiger partial charge in [0.25, 0.3) is 12.3 Å². The van der Waals surface area contributed by atoms with Crippen molar-refractivity contribution in [3.8, 4) is 17.3 Å². The van der Waals surface area contributed by atoms with E-state index in [1.54, 1.807) is 6.07 Å². The van der Waals surface area contributed by atoms with E-state index in [0.717, 1.165) is 6.42 Å². The highest BCUT2D eigenvalue weighted by atomic mass is 19.3. The summed E-state index contributed by atoms with van der Waals surface area (Å²) in [4.78, 5) is 8.23.